The lowest BCUT2D eigenvalue weighted by Gasteiger charge is -2.24. The first kappa shape index (κ1) is 14.0. The number of hydrogen-bond acceptors (Lipinski definition) is 2. The number of hydrogen-bond donors (Lipinski definition) is 0. The van der Waals surface area contributed by atoms with E-state index in [0.29, 0.717) is 5.69 Å². The molecule has 4 heteroatoms. The van der Waals surface area contributed by atoms with Gasteiger partial charge in [-0.05, 0) is 39.0 Å². The second-order valence-electron chi connectivity index (χ2n) is 4.85. The van der Waals surface area contributed by atoms with E-state index in [4.69, 9.17) is 11.2 Å². The summed E-state index contributed by atoms with van der Waals surface area (Å²) < 4.78 is 18.4. The second kappa shape index (κ2) is 5.09. The van der Waals surface area contributed by atoms with Gasteiger partial charge >= 0.3 is 6.09 Å². The lowest BCUT2D eigenvalue weighted by atomic mass is 10.2. The van der Waals surface area contributed by atoms with E-state index in [0.717, 1.165) is 0 Å². The third kappa shape index (κ3) is 3.49. The van der Waals surface area contributed by atoms with Crippen LogP contribution in [0.1, 0.15) is 26.3 Å². The minimum Gasteiger partial charge on any atom is -0.443 e. The first-order valence-corrected chi connectivity index (χ1v) is 5.47. The molecular weight excluding hydrogens is 233 g/mol. The van der Waals surface area contributed by atoms with Crippen LogP contribution in [0.2, 0.25) is 0 Å². The summed E-state index contributed by atoms with van der Waals surface area (Å²) in [6.45, 7) is 5.32. The molecule has 1 aromatic rings. The van der Waals surface area contributed by atoms with Crippen LogP contribution in [0.25, 0.3) is 0 Å². The third-order valence-corrected chi connectivity index (χ3v) is 2.16. The van der Waals surface area contributed by atoms with E-state index >= 15 is 0 Å². The van der Waals surface area contributed by atoms with Crippen molar-refractivity contribution in [3.63, 3.8) is 0 Å². The Morgan fingerprint density at radius 3 is 2.56 bits per heavy atom. The summed E-state index contributed by atoms with van der Waals surface area (Å²) in [5, 5.41) is 0. The molecule has 0 spiro atoms. The van der Waals surface area contributed by atoms with E-state index in [1.165, 1.54) is 23.1 Å². The van der Waals surface area contributed by atoms with Crippen LogP contribution in [0.4, 0.5) is 14.9 Å². The molecule has 1 rings (SSSR count). The lowest BCUT2D eigenvalue weighted by molar-refractivity contribution is 0.0589. The number of benzene rings is 1. The third-order valence-electron chi connectivity index (χ3n) is 2.16. The summed E-state index contributed by atoms with van der Waals surface area (Å²) in [6, 6.07) is 4.13. The Morgan fingerprint density at radius 1 is 1.44 bits per heavy atom. The number of rotatable bonds is 1. The minimum absolute atomic E-state index is 0.114. The number of terminal acetylenes is 1. The molecule has 0 aromatic heterocycles. The zero-order valence-corrected chi connectivity index (χ0v) is 11.0. The Kier molecular flexibility index (Phi) is 3.97. The van der Waals surface area contributed by atoms with Gasteiger partial charge in [0.1, 0.15) is 11.4 Å². The zero-order chi connectivity index (χ0) is 13.9. The molecule has 0 saturated carbocycles. The quantitative estimate of drug-likeness (QED) is 0.715. The molecule has 0 saturated heterocycles. The van der Waals surface area contributed by atoms with Gasteiger partial charge in [-0.1, -0.05) is 5.92 Å². The molecule has 0 atom stereocenters. The van der Waals surface area contributed by atoms with Crippen molar-refractivity contribution in [1.29, 1.82) is 0 Å². The average Bonchev–Trinajstić information content (AvgIpc) is 2.26. The number of amides is 1. The fourth-order valence-corrected chi connectivity index (χ4v) is 1.27. The van der Waals surface area contributed by atoms with Gasteiger partial charge in [-0.15, -0.1) is 6.42 Å². The van der Waals surface area contributed by atoms with Crippen LogP contribution in [-0.2, 0) is 4.74 Å². The second-order valence-corrected chi connectivity index (χ2v) is 4.85. The fraction of sp³-hybridized carbons (Fsp3) is 0.357. The summed E-state index contributed by atoms with van der Waals surface area (Å²) in [4.78, 5) is 13.1. The summed E-state index contributed by atoms with van der Waals surface area (Å²) in [5.74, 6) is 1.74. The highest BCUT2D eigenvalue weighted by Crippen LogP contribution is 2.19. The molecule has 1 amide bonds. The topological polar surface area (TPSA) is 29.5 Å². The molecule has 0 aliphatic carbocycles. The Labute approximate surface area is 107 Å². The molecule has 0 radical (unpaired) electrons. The molecule has 0 fully saturated rings. The zero-order valence-electron chi connectivity index (χ0n) is 11.0. The van der Waals surface area contributed by atoms with E-state index in [1.807, 2.05) is 0 Å². The van der Waals surface area contributed by atoms with Gasteiger partial charge in [0.05, 0.1) is 5.56 Å². The molecule has 0 heterocycles. The molecule has 0 aliphatic rings. The highest BCUT2D eigenvalue weighted by atomic mass is 19.1. The van der Waals surface area contributed by atoms with Gasteiger partial charge in [0.25, 0.3) is 0 Å². The predicted octanol–water partition coefficient (Wildman–Crippen LogP) is 3.18. The summed E-state index contributed by atoms with van der Waals surface area (Å²) in [6.07, 6.45) is 4.66. The van der Waals surface area contributed by atoms with Crippen molar-refractivity contribution < 1.29 is 13.9 Å². The van der Waals surface area contributed by atoms with Crippen LogP contribution >= 0.6 is 0 Å². The Bertz CT molecular complexity index is 497. The summed E-state index contributed by atoms with van der Waals surface area (Å²) in [5.41, 5.74) is 0.0156. The van der Waals surface area contributed by atoms with E-state index in [9.17, 15) is 9.18 Å². The smallest absolute Gasteiger partial charge is 0.414 e. The Hall–Kier alpha value is -2.02. The number of halogens is 1. The summed E-state index contributed by atoms with van der Waals surface area (Å²) in [7, 11) is 1.54. The van der Waals surface area contributed by atoms with Gasteiger partial charge < -0.3 is 4.74 Å². The van der Waals surface area contributed by atoms with Crippen LogP contribution in [0.3, 0.4) is 0 Å². The highest BCUT2D eigenvalue weighted by Gasteiger charge is 2.20. The van der Waals surface area contributed by atoms with E-state index in [2.05, 4.69) is 5.92 Å². The van der Waals surface area contributed by atoms with E-state index < -0.39 is 17.5 Å². The van der Waals surface area contributed by atoms with E-state index in [1.54, 1.807) is 27.8 Å². The van der Waals surface area contributed by atoms with Gasteiger partial charge in [0.2, 0.25) is 0 Å². The molecule has 0 unspecified atom stereocenters. The molecule has 18 heavy (non-hydrogen) atoms. The van der Waals surface area contributed by atoms with E-state index in [-0.39, 0.29) is 5.56 Å². The molecule has 3 nitrogen and oxygen atoms in total. The van der Waals surface area contributed by atoms with Gasteiger partial charge in [-0.25, -0.2) is 9.18 Å². The van der Waals surface area contributed by atoms with Crippen molar-refractivity contribution in [2.75, 3.05) is 11.9 Å². The normalized spacial score (nSPS) is 10.7. The monoisotopic (exact) mass is 249 g/mol. The maximum absolute atomic E-state index is 13.2. The van der Waals surface area contributed by atoms with Crippen molar-refractivity contribution in [3.05, 3.63) is 29.6 Å². The Morgan fingerprint density at radius 2 is 2.06 bits per heavy atom. The molecule has 96 valence electrons. The minimum atomic E-state index is -0.583. The van der Waals surface area contributed by atoms with Gasteiger partial charge in [-0.2, -0.15) is 0 Å². The highest BCUT2D eigenvalue weighted by molar-refractivity contribution is 5.87. The largest absolute Gasteiger partial charge is 0.443 e. The molecule has 0 bridgehead atoms. The van der Waals surface area contributed by atoms with Crippen LogP contribution in [0, 0.1) is 18.2 Å². The number of anilines is 1. The molecule has 1 aromatic carbocycles. The molecular formula is C14H16FNO2. The molecule has 0 N–H and O–H groups in total. The summed E-state index contributed by atoms with van der Waals surface area (Å²) >= 11 is 0. The maximum Gasteiger partial charge on any atom is 0.414 e. The number of carbonyl (C=O) groups is 1. The predicted molar refractivity (Wildman–Crippen MR) is 69.0 cm³/mol. The average molecular weight is 249 g/mol. The number of ether oxygens (including phenoxy) is 1. The fourth-order valence-electron chi connectivity index (χ4n) is 1.27. The standard InChI is InChI=1S/C14H16FNO2/c1-6-10-9-11(7-8-12(10)15)16(5)13(17)18-14(2,3)4/h1,7-9H,2-5H3. The number of carbonyl (C=O) groups excluding carboxylic acids is 1. The van der Waals surface area contributed by atoms with Gasteiger partial charge in [0.15, 0.2) is 0 Å². The first-order chi connectivity index (χ1) is 8.24. The van der Waals surface area contributed by atoms with Crippen LogP contribution in [0.15, 0.2) is 18.2 Å². The first-order valence-electron chi connectivity index (χ1n) is 5.47. The molecule has 0 aliphatic heterocycles. The van der Waals surface area contributed by atoms with Crippen molar-refractivity contribution in [3.8, 4) is 12.3 Å². The van der Waals surface area contributed by atoms with Crippen molar-refractivity contribution in [2.45, 2.75) is 26.4 Å². The van der Waals surface area contributed by atoms with Crippen LogP contribution in [-0.4, -0.2) is 18.7 Å². The van der Waals surface area contributed by atoms with Crippen LogP contribution < -0.4 is 4.90 Å². The van der Waals surface area contributed by atoms with Crippen molar-refractivity contribution in [2.24, 2.45) is 0 Å². The van der Waals surface area contributed by atoms with Crippen molar-refractivity contribution >= 4 is 11.8 Å². The SMILES string of the molecule is C#Cc1cc(N(C)C(=O)OC(C)(C)C)ccc1F. The van der Waals surface area contributed by atoms with Gasteiger partial charge in [0, 0.05) is 12.7 Å². The van der Waals surface area contributed by atoms with Gasteiger partial charge in [-0.3, -0.25) is 4.90 Å². The van der Waals surface area contributed by atoms with Crippen LogP contribution in [0.5, 0.6) is 0 Å². The maximum atomic E-state index is 13.2. The number of nitrogens with zero attached hydrogens (tertiary/aromatic N) is 1. The Balaban J connectivity index is 2.95. The lowest BCUT2D eigenvalue weighted by Crippen LogP contribution is -2.34. The van der Waals surface area contributed by atoms with Crippen molar-refractivity contribution in [1.82, 2.24) is 0 Å².